The largest absolute Gasteiger partial charge is 0.443 e. The van der Waals surface area contributed by atoms with E-state index < -0.39 is 5.60 Å². The lowest BCUT2D eigenvalue weighted by Crippen LogP contribution is -2.27. The Kier molecular flexibility index (Phi) is 3.40. The van der Waals surface area contributed by atoms with Gasteiger partial charge in [0.15, 0.2) is 0 Å². The number of carbonyl (C=O) groups excluding carboxylic acids is 1. The first-order chi connectivity index (χ1) is 8.85. The van der Waals surface area contributed by atoms with E-state index in [9.17, 15) is 4.79 Å². The van der Waals surface area contributed by atoms with Crippen molar-refractivity contribution in [2.24, 2.45) is 0 Å². The Morgan fingerprint density at radius 1 is 1.26 bits per heavy atom. The van der Waals surface area contributed by atoms with Gasteiger partial charge in [-0.2, -0.15) is 0 Å². The van der Waals surface area contributed by atoms with Crippen LogP contribution in [0.15, 0.2) is 24.3 Å². The maximum absolute atomic E-state index is 12.4. The minimum absolute atomic E-state index is 0.305. The van der Waals surface area contributed by atoms with E-state index in [2.05, 4.69) is 13.0 Å². The second-order valence-corrected chi connectivity index (χ2v) is 5.75. The highest BCUT2D eigenvalue weighted by Crippen LogP contribution is 2.27. The second kappa shape index (κ2) is 4.72. The molecule has 2 rings (SSSR count). The fraction of sp³-hybridized carbons (Fsp3) is 0.438. The molecule has 0 unspecified atom stereocenters. The minimum atomic E-state index is -0.485. The number of nitrogens with zero attached hydrogens (tertiary/aromatic N) is 1. The molecule has 0 saturated heterocycles. The van der Waals surface area contributed by atoms with Crippen LogP contribution in [0.25, 0.3) is 10.9 Å². The van der Waals surface area contributed by atoms with Crippen LogP contribution in [0.2, 0.25) is 0 Å². The molecule has 1 aromatic carbocycles. The van der Waals surface area contributed by atoms with Crippen molar-refractivity contribution in [2.45, 2.75) is 46.6 Å². The highest BCUT2D eigenvalue weighted by Gasteiger charge is 2.22. The van der Waals surface area contributed by atoms with Gasteiger partial charge in [-0.1, -0.05) is 25.1 Å². The summed E-state index contributed by atoms with van der Waals surface area (Å²) in [5.41, 5.74) is 2.62. The third-order valence-corrected chi connectivity index (χ3v) is 3.17. The first kappa shape index (κ1) is 13.7. The summed E-state index contributed by atoms with van der Waals surface area (Å²) < 4.78 is 7.17. The molecular weight excluding hydrogens is 238 g/mol. The van der Waals surface area contributed by atoms with Crippen LogP contribution in [-0.4, -0.2) is 16.3 Å². The van der Waals surface area contributed by atoms with Gasteiger partial charge in [-0.15, -0.1) is 0 Å². The molecule has 102 valence electrons. The van der Waals surface area contributed by atoms with Gasteiger partial charge in [0, 0.05) is 11.1 Å². The third kappa shape index (κ3) is 2.50. The van der Waals surface area contributed by atoms with Crippen molar-refractivity contribution in [3.05, 3.63) is 35.5 Å². The van der Waals surface area contributed by atoms with E-state index in [4.69, 9.17) is 4.74 Å². The Balaban J connectivity index is 2.60. The summed E-state index contributed by atoms with van der Waals surface area (Å²) >= 11 is 0. The van der Waals surface area contributed by atoms with Crippen molar-refractivity contribution in [3.8, 4) is 0 Å². The van der Waals surface area contributed by atoms with Crippen LogP contribution in [0.3, 0.4) is 0 Å². The molecule has 1 aromatic heterocycles. The minimum Gasteiger partial charge on any atom is -0.443 e. The Morgan fingerprint density at radius 3 is 2.47 bits per heavy atom. The lowest BCUT2D eigenvalue weighted by Gasteiger charge is -2.20. The van der Waals surface area contributed by atoms with Crippen molar-refractivity contribution in [1.29, 1.82) is 0 Å². The van der Waals surface area contributed by atoms with Crippen LogP contribution in [0.4, 0.5) is 4.79 Å². The van der Waals surface area contributed by atoms with Gasteiger partial charge in [0.1, 0.15) is 5.60 Å². The van der Waals surface area contributed by atoms with Gasteiger partial charge in [0.25, 0.3) is 0 Å². The topological polar surface area (TPSA) is 31.2 Å². The summed E-state index contributed by atoms with van der Waals surface area (Å²) in [6.45, 7) is 9.73. The van der Waals surface area contributed by atoms with E-state index in [0.717, 1.165) is 23.0 Å². The number of ether oxygens (including phenoxy) is 1. The number of hydrogen-bond donors (Lipinski definition) is 0. The standard InChI is InChI=1S/C16H21NO2/c1-6-12-11(2)17(15(18)19-16(3,4)5)14-10-8-7-9-13(12)14/h7-10H,6H2,1-5H3. The number of carbonyl (C=O) groups is 1. The quantitative estimate of drug-likeness (QED) is 0.764. The van der Waals surface area contributed by atoms with Crippen molar-refractivity contribution >= 4 is 17.0 Å². The summed E-state index contributed by atoms with van der Waals surface area (Å²) in [5.74, 6) is 0. The maximum atomic E-state index is 12.4. The lowest BCUT2D eigenvalue weighted by molar-refractivity contribution is 0.0541. The van der Waals surface area contributed by atoms with E-state index in [1.807, 2.05) is 45.9 Å². The fourth-order valence-corrected chi connectivity index (χ4v) is 2.42. The molecular formula is C16H21NO2. The normalized spacial score (nSPS) is 11.8. The summed E-state index contributed by atoms with van der Waals surface area (Å²) in [6, 6.07) is 7.97. The van der Waals surface area contributed by atoms with Crippen molar-refractivity contribution in [1.82, 2.24) is 4.57 Å². The molecule has 3 nitrogen and oxygen atoms in total. The van der Waals surface area contributed by atoms with Gasteiger partial charge in [0.2, 0.25) is 0 Å². The van der Waals surface area contributed by atoms with Crippen LogP contribution in [0.1, 0.15) is 39.0 Å². The van der Waals surface area contributed by atoms with Gasteiger partial charge in [-0.05, 0) is 45.7 Å². The summed E-state index contributed by atoms with van der Waals surface area (Å²) in [5, 5.41) is 1.13. The Hall–Kier alpha value is -1.77. The molecule has 0 atom stereocenters. The number of fused-ring (bicyclic) bond motifs is 1. The Morgan fingerprint density at radius 2 is 1.89 bits per heavy atom. The zero-order chi connectivity index (χ0) is 14.2. The van der Waals surface area contributed by atoms with Crippen molar-refractivity contribution in [3.63, 3.8) is 0 Å². The molecule has 2 aromatic rings. The molecule has 3 heteroatoms. The summed E-state index contributed by atoms with van der Waals surface area (Å²) in [7, 11) is 0. The number of hydrogen-bond acceptors (Lipinski definition) is 2. The highest BCUT2D eigenvalue weighted by atomic mass is 16.6. The fourth-order valence-electron chi connectivity index (χ4n) is 2.42. The monoisotopic (exact) mass is 259 g/mol. The van der Waals surface area contributed by atoms with Crippen LogP contribution in [-0.2, 0) is 11.2 Å². The molecule has 0 N–H and O–H groups in total. The number of rotatable bonds is 1. The molecule has 0 spiro atoms. The van der Waals surface area contributed by atoms with Gasteiger partial charge in [-0.3, -0.25) is 0 Å². The van der Waals surface area contributed by atoms with Gasteiger partial charge < -0.3 is 4.74 Å². The maximum Gasteiger partial charge on any atom is 0.419 e. The molecule has 0 aliphatic heterocycles. The van der Waals surface area contributed by atoms with Crippen molar-refractivity contribution < 1.29 is 9.53 Å². The molecule has 0 bridgehead atoms. The third-order valence-electron chi connectivity index (χ3n) is 3.17. The SMILES string of the molecule is CCc1c(C)n(C(=O)OC(C)(C)C)c2ccccc12. The van der Waals surface area contributed by atoms with E-state index in [1.54, 1.807) is 4.57 Å². The van der Waals surface area contributed by atoms with Crippen LogP contribution < -0.4 is 0 Å². The lowest BCUT2D eigenvalue weighted by atomic mass is 10.1. The molecule has 0 radical (unpaired) electrons. The summed E-state index contributed by atoms with van der Waals surface area (Å²) in [4.78, 5) is 12.4. The molecule has 0 saturated carbocycles. The highest BCUT2D eigenvalue weighted by molar-refractivity contribution is 5.93. The zero-order valence-corrected chi connectivity index (χ0v) is 12.3. The molecule has 0 aliphatic rings. The Labute approximate surface area is 114 Å². The summed E-state index contributed by atoms with van der Waals surface area (Å²) in [6.07, 6.45) is 0.600. The van der Waals surface area contributed by atoms with Gasteiger partial charge >= 0.3 is 6.09 Å². The number of para-hydroxylation sites is 1. The van der Waals surface area contributed by atoms with Crippen LogP contribution in [0, 0.1) is 6.92 Å². The predicted octanol–water partition coefficient (Wildman–Crippen LogP) is 4.30. The molecule has 19 heavy (non-hydrogen) atoms. The average Bonchev–Trinajstić information content (AvgIpc) is 2.58. The average molecular weight is 259 g/mol. The number of aryl methyl sites for hydroxylation is 1. The molecule has 0 amide bonds. The smallest absolute Gasteiger partial charge is 0.419 e. The van der Waals surface area contributed by atoms with Gasteiger partial charge in [-0.25, -0.2) is 9.36 Å². The van der Waals surface area contributed by atoms with Crippen LogP contribution >= 0.6 is 0 Å². The Bertz CT molecular complexity index is 617. The molecule has 1 heterocycles. The second-order valence-electron chi connectivity index (χ2n) is 5.75. The molecule has 0 aliphatic carbocycles. The number of aromatic nitrogens is 1. The van der Waals surface area contributed by atoms with E-state index >= 15 is 0 Å². The number of benzene rings is 1. The predicted molar refractivity (Wildman–Crippen MR) is 77.7 cm³/mol. The van der Waals surface area contributed by atoms with E-state index in [1.165, 1.54) is 5.56 Å². The van der Waals surface area contributed by atoms with E-state index in [-0.39, 0.29) is 6.09 Å². The molecule has 0 fully saturated rings. The van der Waals surface area contributed by atoms with Crippen molar-refractivity contribution in [2.75, 3.05) is 0 Å². The van der Waals surface area contributed by atoms with E-state index in [0.29, 0.717) is 0 Å². The first-order valence-corrected chi connectivity index (χ1v) is 6.67. The van der Waals surface area contributed by atoms with Crippen LogP contribution in [0.5, 0.6) is 0 Å². The van der Waals surface area contributed by atoms with Gasteiger partial charge in [0.05, 0.1) is 5.52 Å². The zero-order valence-electron chi connectivity index (χ0n) is 12.3. The first-order valence-electron chi connectivity index (χ1n) is 6.67.